The highest BCUT2D eigenvalue weighted by Gasteiger charge is 2.18. The third kappa shape index (κ3) is 8.43. The number of carboxylic acids is 1. The first-order valence-corrected chi connectivity index (χ1v) is 12.6. The Kier molecular flexibility index (Phi) is 11.2. The molecule has 0 unspecified atom stereocenters. The summed E-state index contributed by atoms with van der Waals surface area (Å²) in [6.45, 7) is 1.94. The molecule has 2 aromatic carbocycles. The van der Waals surface area contributed by atoms with Crippen LogP contribution in [0.3, 0.4) is 0 Å². The third-order valence-electron chi connectivity index (χ3n) is 5.59. The van der Waals surface area contributed by atoms with Crippen molar-refractivity contribution in [3.63, 3.8) is 0 Å². The minimum Gasteiger partial charge on any atom is -0.497 e. The molecule has 0 aliphatic rings. The molecule has 0 atom stereocenters. The second kappa shape index (κ2) is 15.2. The summed E-state index contributed by atoms with van der Waals surface area (Å²) in [6, 6.07) is 15.7. The van der Waals surface area contributed by atoms with E-state index < -0.39 is 17.7 Å². The summed E-state index contributed by atoms with van der Waals surface area (Å²) < 4.78 is 25.3. The molecule has 10 nitrogen and oxygen atoms in total. The van der Waals surface area contributed by atoms with E-state index in [1.165, 1.54) is 81.4 Å². The highest BCUT2D eigenvalue weighted by molar-refractivity contribution is 6.13. The van der Waals surface area contributed by atoms with Crippen molar-refractivity contribution in [1.29, 1.82) is 0 Å². The van der Waals surface area contributed by atoms with Gasteiger partial charge in [0.15, 0.2) is 11.6 Å². The molecule has 10 heteroatoms. The number of aromatic carboxylic acids is 1. The maximum absolute atomic E-state index is 12.3. The molecular weight excluding hydrogens is 544 g/mol. The minimum atomic E-state index is -1.16. The SMILES string of the molecule is CCOC(=O)c1ccc(OC)cc1C(=O)C=Cc1ccco1.COc1ccc(C(=O)O)c(C(=O)C=Cc2ccco2)c1. The maximum Gasteiger partial charge on any atom is 0.338 e. The molecule has 0 saturated carbocycles. The Labute approximate surface area is 241 Å². The van der Waals surface area contributed by atoms with Crippen molar-refractivity contribution >= 4 is 35.7 Å². The number of methoxy groups -OCH3 is 2. The summed E-state index contributed by atoms with van der Waals surface area (Å²) >= 11 is 0. The molecule has 216 valence electrons. The average Bonchev–Trinajstić information content (AvgIpc) is 3.73. The van der Waals surface area contributed by atoms with Gasteiger partial charge in [0.1, 0.15) is 23.0 Å². The fourth-order valence-electron chi connectivity index (χ4n) is 3.55. The van der Waals surface area contributed by atoms with E-state index in [1.807, 2.05) is 0 Å². The van der Waals surface area contributed by atoms with Gasteiger partial charge in [-0.1, -0.05) is 0 Å². The molecule has 0 aliphatic carbocycles. The number of allylic oxidation sites excluding steroid dienone is 2. The largest absolute Gasteiger partial charge is 0.497 e. The zero-order valence-corrected chi connectivity index (χ0v) is 23.1. The Balaban J connectivity index is 0.000000231. The molecule has 4 rings (SSSR count). The number of carbonyl (C=O) groups is 4. The summed E-state index contributed by atoms with van der Waals surface area (Å²) in [5, 5.41) is 9.09. The van der Waals surface area contributed by atoms with Crippen molar-refractivity contribution in [3.8, 4) is 11.5 Å². The van der Waals surface area contributed by atoms with Crippen LogP contribution in [0, 0.1) is 0 Å². The van der Waals surface area contributed by atoms with Crippen molar-refractivity contribution < 1.29 is 47.3 Å². The van der Waals surface area contributed by atoms with Gasteiger partial charge in [0.2, 0.25) is 0 Å². The lowest BCUT2D eigenvalue weighted by Crippen LogP contribution is -2.11. The number of furan rings is 2. The van der Waals surface area contributed by atoms with E-state index >= 15 is 0 Å². The number of carboxylic acid groups (broad SMARTS) is 1. The van der Waals surface area contributed by atoms with Crippen LogP contribution < -0.4 is 9.47 Å². The third-order valence-corrected chi connectivity index (χ3v) is 5.59. The standard InChI is InChI=1S/C17H16O5.C15H12O5/c1-3-21-17(19)14-8-6-13(20-2)11-15(14)16(18)9-7-12-5-4-10-22-12;1-19-11-4-6-12(15(17)18)13(9-11)14(16)7-5-10-3-2-8-20-10/h4-11H,3H2,1-2H3;2-9H,1H3,(H,17,18). The molecule has 0 bridgehead atoms. The van der Waals surface area contributed by atoms with Crippen LogP contribution >= 0.6 is 0 Å². The molecule has 0 saturated heterocycles. The normalized spacial score (nSPS) is 10.6. The Bertz CT molecular complexity index is 1580. The van der Waals surface area contributed by atoms with Crippen LogP contribution in [0.1, 0.15) is 59.9 Å². The van der Waals surface area contributed by atoms with Crippen LogP contribution in [0.25, 0.3) is 12.2 Å². The van der Waals surface area contributed by atoms with Gasteiger partial charge in [0.05, 0.1) is 44.5 Å². The number of esters is 1. The summed E-state index contributed by atoms with van der Waals surface area (Å²) in [5.74, 6) is -0.502. The van der Waals surface area contributed by atoms with Gasteiger partial charge in [0.25, 0.3) is 0 Å². The highest BCUT2D eigenvalue weighted by atomic mass is 16.5. The molecule has 42 heavy (non-hydrogen) atoms. The fourth-order valence-corrected chi connectivity index (χ4v) is 3.55. The van der Waals surface area contributed by atoms with Crippen LogP contribution in [0.5, 0.6) is 11.5 Å². The molecule has 2 aromatic heterocycles. The van der Waals surface area contributed by atoms with E-state index in [-0.39, 0.29) is 34.6 Å². The van der Waals surface area contributed by atoms with Crippen molar-refractivity contribution in [2.75, 3.05) is 20.8 Å². The molecule has 0 radical (unpaired) electrons. The number of benzene rings is 2. The highest BCUT2D eigenvalue weighted by Crippen LogP contribution is 2.21. The quantitative estimate of drug-likeness (QED) is 0.125. The predicted octanol–water partition coefficient (Wildman–Crippen LogP) is 6.24. The lowest BCUT2D eigenvalue weighted by atomic mass is 10.0. The van der Waals surface area contributed by atoms with E-state index in [0.29, 0.717) is 23.0 Å². The second-order valence-corrected chi connectivity index (χ2v) is 8.27. The Hall–Kier alpha value is -5.64. The van der Waals surface area contributed by atoms with E-state index in [9.17, 15) is 19.2 Å². The van der Waals surface area contributed by atoms with Crippen LogP contribution in [0.2, 0.25) is 0 Å². The first-order chi connectivity index (χ1) is 20.3. The lowest BCUT2D eigenvalue weighted by molar-refractivity contribution is 0.0523. The van der Waals surface area contributed by atoms with Gasteiger partial charge in [-0.3, -0.25) is 9.59 Å². The molecule has 0 amide bonds. The number of carbonyl (C=O) groups excluding carboxylic acids is 3. The molecule has 0 aliphatic heterocycles. The maximum atomic E-state index is 12.3. The van der Waals surface area contributed by atoms with Gasteiger partial charge in [-0.05, 0) is 91.9 Å². The number of hydrogen-bond donors (Lipinski definition) is 1. The van der Waals surface area contributed by atoms with Crippen molar-refractivity contribution in [3.05, 3.63) is 119 Å². The van der Waals surface area contributed by atoms with Gasteiger partial charge in [0, 0.05) is 11.1 Å². The van der Waals surface area contributed by atoms with Gasteiger partial charge in [-0.2, -0.15) is 0 Å². The molecule has 2 heterocycles. The molecule has 1 N–H and O–H groups in total. The summed E-state index contributed by atoms with van der Waals surface area (Å²) in [7, 11) is 2.94. The summed E-state index contributed by atoms with van der Waals surface area (Å²) in [6.07, 6.45) is 8.62. The second-order valence-electron chi connectivity index (χ2n) is 8.27. The zero-order chi connectivity index (χ0) is 30.5. The Morgan fingerprint density at radius 2 is 1.19 bits per heavy atom. The van der Waals surface area contributed by atoms with Gasteiger partial charge >= 0.3 is 11.9 Å². The van der Waals surface area contributed by atoms with Crippen molar-refractivity contribution in [2.24, 2.45) is 0 Å². The van der Waals surface area contributed by atoms with Crippen LogP contribution in [-0.4, -0.2) is 49.4 Å². The first-order valence-electron chi connectivity index (χ1n) is 12.6. The van der Waals surface area contributed by atoms with E-state index in [2.05, 4.69) is 0 Å². The Morgan fingerprint density at radius 1 is 0.714 bits per heavy atom. The summed E-state index contributed by atoms with van der Waals surface area (Å²) in [5.41, 5.74) is 0.428. The number of ketones is 2. The zero-order valence-electron chi connectivity index (χ0n) is 23.1. The lowest BCUT2D eigenvalue weighted by Gasteiger charge is -2.08. The topological polar surface area (TPSA) is 142 Å². The number of rotatable bonds is 11. The summed E-state index contributed by atoms with van der Waals surface area (Å²) in [4.78, 5) is 47.5. The van der Waals surface area contributed by atoms with Crippen molar-refractivity contribution in [2.45, 2.75) is 6.92 Å². The average molecular weight is 573 g/mol. The van der Waals surface area contributed by atoms with Gasteiger partial charge < -0.3 is 28.2 Å². The van der Waals surface area contributed by atoms with E-state index in [1.54, 1.807) is 37.3 Å². The molecular formula is C32H28O10. The van der Waals surface area contributed by atoms with Crippen LogP contribution in [0.4, 0.5) is 0 Å². The van der Waals surface area contributed by atoms with Crippen LogP contribution in [-0.2, 0) is 4.74 Å². The first kappa shape index (κ1) is 30.9. The Morgan fingerprint density at radius 3 is 1.60 bits per heavy atom. The smallest absolute Gasteiger partial charge is 0.338 e. The van der Waals surface area contributed by atoms with Gasteiger partial charge in [-0.25, -0.2) is 9.59 Å². The molecule has 0 fully saturated rings. The minimum absolute atomic E-state index is 0.0691. The van der Waals surface area contributed by atoms with Crippen molar-refractivity contribution in [1.82, 2.24) is 0 Å². The molecule has 4 aromatic rings. The number of ether oxygens (including phenoxy) is 3. The van der Waals surface area contributed by atoms with Gasteiger partial charge in [-0.15, -0.1) is 0 Å². The number of hydrogen-bond acceptors (Lipinski definition) is 9. The predicted molar refractivity (Wildman–Crippen MR) is 153 cm³/mol. The van der Waals surface area contributed by atoms with E-state index in [0.717, 1.165) is 0 Å². The van der Waals surface area contributed by atoms with E-state index in [4.69, 9.17) is 28.2 Å². The monoisotopic (exact) mass is 572 g/mol. The van der Waals surface area contributed by atoms with Crippen LogP contribution in [0.15, 0.2) is 94.2 Å². The fraction of sp³-hybridized carbons (Fsp3) is 0.125. The molecule has 0 spiro atoms.